The topological polar surface area (TPSA) is 36.7 Å². The highest BCUT2D eigenvalue weighted by atomic mass is 16.3. The molecule has 0 N–H and O–H groups in total. The maximum atomic E-state index is 12.9. The van der Waals surface area contributed by atoms with E-state index in [-0.39, 0.29) is 5.43 Å². The fourth-order valence-electron chi connectivity index (χ4n) is 4.05. The molecular formula is C24H22N2O2. The molecule has 140 valence electrons. The molecule has 0 spiro atoms. The molecule has 0 amide bonds. The van der Waals surface area contributed by atoms with Crippen LogP contribution in [0, 0.1) is 0 Å². The first-order valence-corrected chi connectivity index (χ1v) is 9.75. The van der Waals surface area contributed by atoms with E-state index >= 15 is 0 Å². The zero-order valence-corrected chi connectivity index (χ0v) is 15.7. The van der Waals surface area contributed by atoms with E-state index in [0.29, 0.717) is 16.4 Å². The Balaban J connectivity index is 1.41. The Kier molecular flexibility index (Phi) is 4.34. The summed E-state index contributed by atoms with van der Waals surface area (Å²) in [6, 6.07) is 23.9. The van der Waals surface area contributed by atoms with E-state index in [1.54, 1.807) is 0 Å². The Morgan fingerprint density at radius 3 is 2.29 bits per heavy atom. The summed E-state index contributed by atoms with van der Waals surface area (Å²) in [7, 11) is 0. The van der Waals surface area contributed by atoms with Crippen molar-refractivity contribution >= 4 is 27.6 Å². The second kappa shape index (κ2) is 7.13. The van der Waals surface area contributed by atoms with Gasteiger partial charge in [-0.05, 0) is 30.3 Å². The first kappa shape index (κ1) is 17.0. The van der Waals surface area contributed by atoms with E-state index in [2.05, 4.69) is 46.2 Å². The molecule has 1 aliphatic rings. The van der Waals surface area contributed by atoms with E-state index in [1.165, 1.54) is 5.69 Å². The lowest BCUT2D eigenvalue weighted by molar-refractivity contribution is 0.250. The van der Waals surface area contributed by atoms with Gasteiger partial charge in [-0.2, -0.15) is 0 Å². The first-order chi connectivity index (χ1) is 13.8. The van der Waals surface area contributed by atoms with E-state index in [4.69, 9.17) is 4.42 Å². The summed E-state index contributed by atoms with van der Waals surface area (Å²) in [6.07, 6.45) is 0. The lowest BCUT2D eigenvalue weighted by Gasteiger charge is -2.36. The highest BCUT2D eigenvalue weighted by molar-refractivity contribution is 5.90. The summed E-state index contributed by atoms with van der Waals surface area (Å²) in [4.78, 5) is 17.7. The molecule has 0 unspecified atom stereocenters. The second-order valence-corrected chi connectivity index (χ2v) is 7.32. The number of piperazine rings is 1. The highest BCUT2D eigenvalue weighted by Crippen LogP contribution is 2.24. The van der Waals surface area contributed by atoms with Gasteiger partial charge in [0.25, 0.3) is 0 Å². The monoisotopic (exact) mass is 370 g/mol. The van der Waals surface area contributed by atoms with Gasteiger partial charge in [-0.3, -0.25) is 9.69 Å². The third kappa shape index (κ3) is 3.06. The molecule has 1 saturated heterocycles. The summed E-state index contributed by atoms with van der Waals surface area (Å²) in [6.45, 7) is 4.77. The molecular weight excluding hydrogens is 348 g/mol. The lowest BCUT2D eigenvalue weighted by atomic mass is 10.1. The van der Waals surface area contributed by atoms with Gasteiger partial charge in [0.05, 0.1) is 10.8 Å². The van der Waals surface area contributed by atoms with E-state index in [0.717, 1.165) is 43.9 Å². The van der Waals surface area contributed by atoms with Crippen molar-refractivity contribution < 1.29 is 4.42 Å². The van der Waals surface area contributed by atoms with Crippen molar-refractivity contribution in [1.82, 2.24) is 4.90 Å². The molecule has 0 aliphatic carbocycles. The molecule has 1 aromatic heterocycles. The van der Waals surface area contributed by atoms with Crippen LogP contribution in [-0.2, 0) is 6.54 Å². The molecule has 1 aliphatic heterocycles. The van der Waals surface area contributed by atoms with Crippen LogP contribution in [0.2, 0.25) is 0 Å². The maximum absolute atomic E-state index is 12.9. The normalized spacial score (nSPS) is 15.4. The summed E-state index contributed by atoms with van der Waals surface area (Å²) in [5.41, 5.74) is 3.78. The molecule has 0 radical (unpaired) electrons. The van der Waals surface area contributed by atoms with Crippen LogP contribution in [0.1, 0.15) is 5.56 Å². The predicted octanol–water partition coefficient (Wildman–Crippen LogP) is 4.27. The van der Waals surface area contributed by atoms with Crippen molar-refractivity contribution in [2.24, 2.45) is 0 Å². The largest absolute Gasteiger partial charge is 0.455 e. The molecule has 28 heavy (non-hydrogen) atoms. The van der Waals surface area contributed by atoms with Gasteiger partial charge in [0.1, 0.15) is 11.2 Å². The number of nitrogens with zero attached hydrogens (tertiary/aromatic N) is 2. The van der Waals surface area contributed by atoms with Crippen molar-refractivity contribution in [3.8, 4) is 0 Å². The number of benzene rings is 3. The van der Waals surface area contributed by atoms with Crippen LogP contribution in [-0.4, -0.2) is 31.1 Å². The molecule has 1 fully saturated rings. The van der Waals surface area contributed by atoms with Gasteiger partial charge in [0.2, 0.25) is 5.43 Å². The summed E-state index contributed by atoms with van der Waals surface area (Å²) in [5, 5.41) is 1.31. The fraction of sp³-hybridized carbons (Fsp3) is 0.208. The third-order valence-electron chi connectivity index (χ3n) is 5.57. The van der Waals surface area contributed by atoms with Crippen LogP contribution >= 0.6 is 0 Å². The van der Waals surface area contributed by atoms with E-state index < -0.39 is 0 Å². The number of hydrogen-bond acceptors (Lipinski definition) is 4. The molecule has 0 bridgehead atoms. The lowest BCUT2D eigenvalue weighted by Crippen LogP contribution is -2.45. The predicted molar refractivity (Wildman–Crippen MR) is 114 cm³/mol. The van der Waals surface area contributed by atoms with Crippen LogP contribution in [0.15, 0.2) is 82.0 Å². The van der Waals surface area contributed by atoms with Gasteiger partial charge >= 0.3 is 0 Å². The maximum Gasteiger partial charge on any atom is 0.200 e. The van der Waals surface area contributed by atoms with Gasteiger partial charge < -0.3 is 9.32 Å². The zero-order chi connectivity index (χ0) is 18.9. The van der Waals surface area contributed by atoms with E-state index in [9.17, 15) is 4.79 Å². The molecule has 5 rings (SSSR count). The quantitative estimate of drug-likeness (QED) is 0.505. The molecule has 2 heterocycles. The van der Waals surface area contributed by atoms with Gasteiger partial charge in [-0.15, -0.1) is 0 Å². The Morgan fingerprint density at radius 2 is 1.46 bits per heavy atom. The minimum Gasteiger partial charge on any atom is -0.455 e. The van der Waals surface area contributed by atoms with Crippen LogP contribution in [0.4, 0.5) is 5.69 Å². The van der Waals surface area contributed by atoms with Gasteiger partial charge in [-0.1, -0.05) is 42.5 Å². The Bertz CT molecular complexity index is 1180. The highest BCUT2D eigenvalue weighted by Gasteiger charge is 2.19. The SMILES string of the molecule is O=c1c2ccccc2oc2c(CN3CCN(c4ccccc4)CC3)cccc12. The number of anilines is 1. The summed E-state index contributed by atoms with van der Waals surface area (Å²) < 4.78 is 6.15. The minimum absolute atomic E-state index is 0.0487. The smallest absolute Gasteiger partial charge is 0.200 e. The van der Waals surface area contributed by atoms with Gasteiger partial charge in [0, 0.05) is 44.0 Å². The standard InChI is InChI=1S/C24H22N2O2/c27-23-20-10-4-5-12-22(20)28-24-18(7-6-11-21(23)24)17-25-13-15-26(16-14-25)19-8-2-1-3-9-19/h1-12H,13-17H2. The molecule has 0 atom stereocenters. The van der Waals surface area contributed by atoms with Crippen LogP contribution in [0.5, 0.6) is 0 Å². The first-order valence-electron chi connectivity index (χ1n) is 9.75. The molecule has 0 saturated carbocycles. The summed E-state index contributed by atoms with van der Waals surface area (Å²) >= 11 is 0. The second-order valence-electron chi connectivity index (χ2n) is 7.32. The van der Waals surface area contributed by atoms with Crippen LogP contribution < -0.4 is 10.3 Å². The molecule has 4 aromatic rings. The van der Waals surface area contributed by atoms with Crippen molar-refractivity contribution in [2.75, 3.05) is 31.1 Å². The average Bonchev–Trinajstić information content (AvgIpc) is 2.76. The van der Waals surface area contributed by atoms with E-state index in [1.807, 2.05) is 36.4 Å². The Labute approximate surface area is 163 Å². The van der Waals surface area contributed by atoms with Crippen LogP contribution in [0.3, 0.4) is 0 Å². The third-order valence-corrected chi connectivity index (χ3v) is 5.57. The minimum atomic E-state index is 0.0487. The average molecular weight is 370 g/mol. The summed E-state index contributed by atoms with van der Waals surface area (Å²) in [5.74, 6) is 0. The van der Waals surface area contributed by atoms with Crippen molar-refractivity contribution in [3.63, 3.8) is 0 Å². The number of fused-ring (bicyclic) bond motifs is 2. The van der Waals surface area contributed by atoms with Crippen molar-refractivity contribution in [3.05, 3.63) is 88.6 Å². The molecule has 3 aromatic carbocycles. The van der Waals surface area contributed by atoms with Gasteiger partial charge in [-0.25, -0.2) is 0 Å². The number of hydrogen-bond donors (Lipinski definition) is 0. The van der Waals surface area contributed by atoms with Crippen LogP contribution in [0.25, 0.3) is 21.9 Å². The zero-order valence-electron chi connectivity index (χ0n) is 15.7. The van der Waals surface area contributed by atoms with Crippen molar-refractivity contribution in [2.45, 2.75) is 6.54 Å². The van der Waals surface area contributed by atoms with Gasteiger partial charge in [0.15, 0.2) is 0 Å². The number of rotatable bonds is 3. The molecule has 4 nitrogen and oxygen atoms in total. The fourth-order valence-corrected chi connectivity index (χ4v) is 4.05. The Hall–Kier alpha value is -3.11. The molecule has 4 heteroatoms. The Morgan fingerprint density at radius 1 is 0.750 bits per heavy atom. The number of para-hydroxylation sites is 3. The van der Waals surface area contributed by atoms with Crippen molar-refractivity contribution in [1.29, 1.82) is 0 Å².